The Bertz CT molecular complexity index is 758. The zero-order valence-corrected chi connectivity index (χ0v) is 13.3. The van der Waals surface area contributed by atoms with Crippen LogP contribution in [0, 0.1) is 13.8 Å². The topological polar surface area (TPSA) is 29.1 Å². The van der Waals surface area contributed by atoms with Crippen LogP contribution in [-0.2, 0) is 4.79 Å². The molecule has 112 valence electrons. The number of amides is 1. The maximum atomic E-state index is 12.6. The fraction of sp³-hybridized carbons (Fsp3) is 0.250. The van der Waals surface area contributed by atoms with E-state index >= 15 is 0 Å². The second-order valence-electron chi connectivity index (χ2n) is 6.17. The summed E-state index contributed by atoms with van der Waals surface area (Å²) in [4.78, 5) is 12.6. The number of hydrogen-bond acceptors (Lipinski definition) is 1. The smallest absolute Gasteiger partial charge is 0.252 e. The Balaban J connectivity index is 2.22. The molecule has 0 fully saturated rings. The fourth-order valence-corrected chi connectivity index (χ4v) is 3.09. The van der Waals surface area contributed by atoms with E-state index in [0.29, 0.717) is 0 Å². The summed E-state index contributed by atoms with van der Waals surface area (Å²) in [5.74, 6) is 0.0286. The van der Waals surface area contributed by atoms with Crippen LogP contribution in [0.2, 0.25) is 0 Å². The minimum Gasteiger partial charge on any atom is -0.349 e. The molecule has 1 aliphatic rings. The van der Waals surface area contributed by atoms with Crippen LogP contribution in [0.1, 0.15) is 35.6 Å². The van der Waals surface area contributed by atoms with Gasteiger partial charge in [0.1, 0.15) is 0 Å². The van der Waals surface area contributed by atoms with E-state index in [1.54, 1.807) is 0 Å². The molecule has 2 nitrogen and oxygen atoms in total. The molecule has 0 bridgehead atoms. The lowest BCUT2D eigenvalue weighted by Gasteiger charge is -2.26. The zero-order chi connectivity index (χ0) is 15.7. The van der Waals surface area contributed by atoms with Gasteiger partial charge in [-0.1, -0.05) is 59.7 Å². The van der Waals surface area contributed by atoms with Gasteiger partial charge >= 0.3 is 0 Å². The van der Waals surface area contributed by atoms with Crippen LogP contribution in [0.4, 0.5) is 0 Å². The first-order chi connectivity index (χ1) is 10.5. The highest BCUT2D eigenvalue weighted by Crippen LogP contribution is 2.34. The van der Waals surface area contributed by atoms with Crippen molar-refractivity contribution in [2.75, 3.05) is 0 Å². The third kappa shape index (κ3) is 2.82. The Morgan fingerprint density at radius 2 is 1.55 bits per heavy atom. The van der Waals surface area contributed by atoms with Gasteiger partial charge < -0.3 is 5.32 Å². The number of nitrogens with one attached hydrogen (secondary N) is 1. The van der Waals surface area contributed by atoms with Crippen LogP contribution in [0.5, 0.6) is 0 Å². The van der Waals surface area contributed by atoms with Crippen molar-refractivity contribution in [3.8, 4) is 0 Å². The minimum absolute atomic E-state index is 0.0286. The van der Waals surface area contributed by atoms with Gasteiger partial charge in [0.25, 0.3) is 5.91 Å². The first-order valence-corrected chi connectivity index (χ1v) is 7.72. The Hall–Kier alpha value is -2.35. The van der Waals surface area contributed by atoms with E-state index in [9.17, 15) is 4.79 Å². The molecule has 2 aromatic rings. The summed E-state index contributed by atoms with van der Waals surface area (Å²) in [5.41, 5.74) is 6.49. The molecule has 1 amide bonds. The molecule has 0 aliphatic carbocycles. The van der Waals surface area contributed by atoms with E-state index in [-0.39, 0.29) is 11.9 Å². The third-order valence-electron chi connectivity index (χ3n) is 4.09. The highest BCUT2D eigenvalue weighted by molar-refractivity contribution is 6.28. The van der Waals surface area contributed by atoms with Crippen molar-refractivity contribution in [1.82, 2.24) is 5.32 Å². The molecule has 0 spiro atoms. The second-order valence-corrected chi connectivity index (χ2v) is 6.17. The van der Waals surface area contributed by atoms with Crippen molar-refractivity contribution in [3.05, 3.63) is 70.8 Å². The predicted octanol–water partition coefficient (Wildman–Crippen LogP) is 4.12. The largest absolute Gasteiger partial charge is 0.349 e. The number of benzene rings is 2. The molecule has 2 heteroatoms. The molecule has 0 saturated heterocycles. The molecule has 1 unspecified atom stereocenters. The molecular formula is C20H21NO. The van der Waals surface area contributed by atoms with E-state index in [1.165, 1.54) is 11.1 Å². The number of carbonyl (C=O) groups is 1. The molecule has 1 N–H and O–H groups in total. The predicted molar refractivity (Wildman–Crippen MR) is 91.4 cm³/mol. The standard InChI is InChI=1S/C20H21NO/c1-13-6-4-8-16(10-13)18-12-15(3)21-20(22)19(18)17-9-5-7-14(2)11-17/h4-11,15H,12H2,1-3H3,(H,21,22). The average molecular weight is 291 g/mol. The normalized spacial score (nSPS) is 18.3. The average Bonchev–Trinajstić information content (AvgIpc) is 2.46. The Morgan fingerprint density at radius 3 is 2.18 bits per heavy atom. The minimum atomic E-state index is 0.0286. The molecule has 1 atom stereocenters. The number of rotatable bonds is 2. The Kier molecular flexibility index (Phi) is 3.84. The lowest BCUT2D eigenvalue weighted by Crippen LogP contribution is -2.37. The van der Waals surface area contributed by atoms with Gasteiger partial charge in [-0.15, -0.1) is 0 Å². The third-order valence-corrected chi connectivity index (χ3v) is 4.09. The Labute approximate surface area is 131 Å². The zero-order valence-electron chi connectivity index (χ0n) is 13.3. The summed E-state index contributed by atoms with van der Waals surface area (Å²) in [6, 6.07) is 16.7. The summed E-state index contributed by atoms with van der Waals surface area (Å²) in [5, 5.41) is 3.06. The van der Waals surface area contributed by atoms with Crippen molar-refractivity contribution in [1.29, 1.82) is 0 Å². The van der Waals surface area contributed by atoms with Gasteiger partial charge in [0.2, 0.25) is 0 Å². The summed E-state index contributed by atoms with van der Waals surface area (Å²) in [6.07, 6.45) is 0.860. The highest BCUT2D eigenvalue weighted by Gasteiger charge is 2.26. The van der Waals surface area contributed by atoms with Gasteiger partial charge in [-0.3, -0.25) is 4.79 Å². The van der Waals surface area contributed by atoms with E-state index < -0.39 is 0 Å². The summed E-state index contributed by atoms with van der Waals surface area (Å²) in [7, 11) is 0. The number of hydrogen-bond donors (Lipinski definition) is 1. The molecule has 0 aromatic heterocycles. The van der Waals surface area contributed by atoms with Crippen molar-refractivity contribution >= 4 is 17.1 Å². The quantitative estimate of drug-likeness (QED) is 0.886. The maximum absolute atomic E-state index is 12.6. The van der Waals surface area contributed by atoms with Crippen LogP contribution in [-0.4, -0.2) is 11.9 Å². The van der Waals surface area contributed by atoms with Crippen molar-refractivity contribution in [2.24, 2.45) is 0 Å². The number of aryl methyl sites for hydroxylation is 2. The first kappa shape index (κ1) is 14.6. The monoisotopic (exact) mass is 291 g/mol. The van der Waals surface area contributed by atoms with Crippen LogP contribution in [0.3, 0.4) is 0 Å². The molecule has 3 rings (SSSR count). The molecule has 22 heavy (non-hydrogen) atoms. The first-order valence-electron chi connectivity index (χ1n) is 7.72. The number of carbonyl (C=O) groups excluding carboxylic acids is 1. The molecule has 2 aromatic carbocycles. The van der Waals surface area contributed by atoms with Crippen molar-refractivity contribution in [3.63, 3.8) is 0 Å². The SMILES string of the molecule is Cc1cccc(C2=C(c3cccc(C)c3)C(=O)NC(C)C2)c1. The van der Waals surface area contributed by atoms with Crippen molar-refractivity contribution < 1.29 is 4.79 Å². The summed E-state index contributed by atoms with van der Waals surface area (Å²) in [6.45, 7) is 6.20. The Morgan fingerprint density at radius 1 is 0.955 bits per heavy atom. The molecule has 1 aliphatic heterocycles. The van der Waals surface area contributed by atoms with E-state index in [0.717, 1.165) is 28.7 Å². The highest BCUT2D eigenvalue weighted by atomic mass is 16.1. The lowest BCUT2D eigenvalue weighted by atomic mass is 9.86. The van der Waals surface area contributed by atoms with Gasteiger partial charge in [0.05, 0.1) is 5.57 Å². The van der Waals surface area contributed by atoms with E-state index in [2.05, 4.69) is 62.5 Å². The van der Waals surface area contributed by atoms with Gasteiger partial charge in [0.15, 0.2) is 0 Å². The van der Waals surface area contributed by atoms with Crippen molar-refractivity contribution in [2.45, 2.75) is 33.2 Å². The van der Waals surface area contributed by atoms with Gasteiger partial charge in [-0.2, -0.15) is 0 Å². The van der Waals surface area contributed by atoms with Gasteiger partial charge in [-0.05, 0) is 43.9 Å². The van der Waals surface area contributed by atoms with Crippen LogP contribution < -0.4 is 5.32 Å². The maximum Gasteiger partial charge on any atom is 0.252 e. The summed E-state index contributed by atoms with van der Waals surface area (Å²) < 4.78 is 0. The van der Waals surface area contributed by atoms with Crippen LogP contribution in [0.25, 0.3) is 11.1 Å². The van der Waals surface area contributed by atoms with Crippen LogP contribution in [0.15, 0.2) is 48.5 Å². The molecular weight excluding hydrogens is 270 g/mol. The molecule has 0 radical (unpaired) electrons. The van der Waals surface area contributed by atoms with E-state index in [1.807, 2.05) is 12.1 Å². The molecule has 1 heterocycles. The summed E-state index contributed by atoms with van der Waals surface area (Å²) >= 11 is 0. The lowest BCUT2D eigenvalue weighted by molar-refractivity contribution is -0.116. The second kappa shape index (κ2) is 5.80. The molecule has 0 saturated carbocycles. The van der Waals surface area contributed by atoms with Gasteiger partial charge in [-0.25, -0.2) is 0 Å². The van der Waals surface area contributed by atoms with Gasteiger partial charge in [0, 0.05) is 6.04 Å². The fourth-order valence-electron chi connectivity index (χ4n) is 3.09. The van der Waals surface area contributed by atoms with E-state index in [4.69, 9.17) is 0 Å². The van der Waals surface area contributed by atoms with Crippen LogP contribution >= 0.6 is 0 Å².